The van der Waals surface area contributed by atoms with Crippen molar-refractivity contribution >= 4 is 0 Å². The third kappa shape index (κ3) is 2.50. The summed E-state index contributed by atoms with van der Waals surface area (Å²) in [6.07, 6.45) is 1.84. The van der Waals surface area contributed by atoms with Crippen LogP contribution in [0.1, 0.15) is 24.1 Å². The molecule has 4 nitrogen and oxygen atoms in total. The van der Waals surface area contributed by atoms with E-state index < -0.39 is 0 Å². The quantitative estimate of drug-likeness (QED) is 0.759. The molecule has 0 spiro atoms. The van der Waals surface area contributed by atoms with Crippen LogP contribution < -0.4 is 4.74 Å². The number of hydrogen-bond acceptors (Lipinski definition) is 4. The van der Waals surface area contributed by atoms with E-state index in [2.05, 4.69) is 11.1 Å². The van der Waals surface area contributed by atoms with Gasteiger partial charge in [-0.3, -0.25) is 0 Å². The summed E-state index contributed by atoms with van der Waals surface area (Å²) in [6, 6.07) is 5.66. The van der Waals surface area contributed by atoms with Crippen LogP contribution in [0.5, 0.6) is 5.88 Å². The SMILES string of the molecule is Cc1ccc(C#N)c(OC2CCOCC2)n1. The van der Waals surface area contributed by atoms with Crippen molar-refractivity contribution in [2.45, 2.75) is 25.9 Å². The summed E-state index contributed by atoms with van der Waals surface area (Å²) in [5, 5.41) is 8.94. The van der Waals surface area contributed by atoms with Crippen molar-refractivity contribution < 1.29 is 9.47 Å². The molecular weight excluding hydrogens is 204 g/mol. The van der Waals surface area contributed by atoms with E-state index in [1.807, 2.05) is 13.0 Å². The van der Waals surface area contributed by atoms with Crippen LogP contribution >= 0.6 is 0 Å². The summed E-state index contributed by atoms with van der Waals surface area (Å²) in [5.74, 6) is 0.453. The Hall–Kier alpha value is -1.60. The number of aryl methyl sites for hydroxylation is 1. The second-order valence-corrected chi connectivity index (χ2v) is 3.85. The summed E-state index contributed by atoms with van der Waals surface area (Å²) in [7, 11) is 0. The Morgan fingerprint density at radius 3 is 2.88 bits per heavy atom. The lowest BCUT2D eigenvalue weighted by Crippen LogP contribution is -2.26. The van der Waals surface area contributed by atoms with Gasteiger partial charge in [0.1, 0.15) is 17.7 Å². The Kier molecular flexibility index (Phi) is 3.37. The van der Waals surface area contributed by atoms with Crippen LogP contribution in [0, 0.1) is 18.3 Å². The molecule has 0 saturated carbocycles. The maximum Gasteiger partial charge on any atom is 0.232 e. The van der Waals surface area contributed by atoms with Crippen LogP contribution in [0.25, 0.3) is 0 Å². The monoisotopic (exact) mass is 218 g/mol. The number of nitriles is 1. The fraction of sp³-hybridized carbons (Fsp3) is 0.500. The van der Waals surface area contributed by atoms with Crippen molar-refractivity contribution in [3.05, 3.63) is 23.4 Å². The van der Waals surface area contributed by atoms with E-state index in [0.29, 0.717) is 11.4 Å². The summed E-state index contributed by atoms with van der Waals surface area (Å²) >= 11 is 0. The van der Waals surface area contributed by atoms with E-state index in [0.717, 1.165) is 31.7 Å². The normalized spacial score (nSPS) is 16.8. The molecule has 84 valence electrons. The fourth-order valence-electron chi connectivity index (χ4n) is 1.66. The van der Waals surface area contributed by atoms with Crippen LogP contribution in [-0.4, -0.2) is 24.3 Å². The third-order valence-electron chi connectivity index (χ3n) is 2.57. The first kappa shape index (κ1) is 10.9. The maximum atomic E-state index is 8.94. The third-order valence-corrected chi connectivity index (χ3v) is 2.57. The van der Waals surface area contributed by atoms with Crippen LogP contribution in [0.2, 0.25) is 0 Å². The minimum absolute atomic E-state index is 0.121. The maximum absolute atomic E-state index is 8.94. The smallest absolute Gasteiger partial charge is 0.232 e. The number of rotatable bonds is 2. The Labute approximate surface area is 94.8 Å². The molecule has 2 rings (SSSR count). The van der Waals surface area contributed by atoms with E-state index in [1.165, 1.54) is 0 Å². The lowest BCUT2D eigenvalue weighted by atomic mass is 10.1. The predicted molar refractivity (Wildman–Crippen MR) is 58.2 cm³/mol. The number of aromatic nitrogens is 1. The zero-order chi connectivity index (χ0) is 11.4. The van der Waals surface area contributed by atoms with E-state index >= 15 is 0 Å². The van der Waals surface area contributed by atoms with Crippen LogP contribution in [0.15, 0.2) is 12.1 Å². The second-order valence-electron chi connectivity index (χ2n) is 3.85. The van der Waals surface area contributed by atoms with Gasteiger partial charge >= 0.3 is 0 Å². The predicted octanol–water partition coefficient (Wildman–Crippen LogP) is 1.82. The minimum atomic E-state index is 0.121. The van der Waals surface area contributed by atoms with Gasteiger partial charge in [0.25, 0.3) is 0 Å². The van der Waals surface area contributed by atoms with Crippen molar-refractivity contribution in [1.82, 2.24) is 4.98 Å². The first-order valence-electron chi connectivity index (χ1n) is 5.42. The van der Waals surface area contributed by atoms with Gasteiger partial charge in [-0.1, -0.05) is 0 Å². The minimum Gasteiger partial charge on any atom is -0.473 e. The van der Waals surface area contributed by atoms with Gasteiger partial charge < -0.3 is 9.47 Å². The summed E-state index contributed by atoms with van der Waals surface area (Å²) in [4.78, 5) is 4.25. The molecule has 0 bridgehead atoms. The fourth-order valence-corrected chi connectivity index (χ4v) is 1.66. The Bertz CT molecular complexity index is 406. The Morgan fingerprint density at radius 2 is 2.19 bits per heavy atom. The van der Waals surface area contributed by atoms with Gasteiger partial charge in [0.2, 0.25) is 5.88 Å². The molecule has 0 unspecified atom stereocenters. The topological polar surface area (TPSA) is 55.1 Å². The van der Waals surface area contributed by atoms with Crippen molar-refractivity contribution in [3.8, 4) is 11.9 Å². The molecule has 1 aromatic rings. The lowest BCUT2D eigenvalue weighted by molar-refractivity contribution is 0.0235. The Balaban J connectivity index is 2.13. The molecular formula is C12H14N2O2. The van der Waals surface area contributed by atoms with Crippen LogP contribution in [0.3, 0.4) is 0 Å². The molecule has 1 aliphatic rings. The van der Waals surface area contributed by atoms with E-state index in [1.54, 1.807) is 6.07 Å². The van der Waals surface area contributed by atoms with Gasteiger partial charge in [-0.15, -0.1) is 0 Å². The number of hydrogen-bond donors (Lipinski definition) is 0. The number of ether oxygens (including phenoxy) is 2. The standard InChI is InChI=1S/C12H14N2O2/c1-9-2-3-10(8-13)12(14-9)16-11-4-6-15-7-5-11/h2-3,11H,4-7H2,1H3. The zero-order valence-electron chi connectivity index (χ0n) is 9.27. The highest BCUT2D eigenvalue weighted by atomic mass is 16.5. The number of pyridine rings is 1. The zero-order valence-corrected chi connectivity index (χ0v) is 9.27. The molecule has 16 heavy (non-hydrogen) atoms. The summed E-state index contributed by atoms with van der Waals surface area (Å²) < 4.78 is 11.0. The van der Waals surface area contributed by atoms with E-state index in [-0.39, 0.29) is 6.10 Å². The average Bonchev–Trinajstić information content (AvgIpc) is 2.31. The molecule has 1 fully saturated rings. The van der Waals surface area contributed by atoms with Gasteiger partial charge in [-0.05, 0) is 19.1 Å². The van der Waals surface area contributed by atoms with Crippen LogP contribution in [-0.2, 0) is 4.74 Å². The summed E-state index contributed by atoms with van der Waals surface area (Å²) in [6.45, 7) is 3.33. The molecule has 0 radical (unpaired) electrons. The van der Waals surface area contributed by atoms with Gasteiger partial charge in [0.05, 0.1) is 13.2 Å². The molecule has 0 aromatic carbocycles. The molecule has 1 aliphatic heterocycles. The van der Waals surface area contributed by atoms with E-state index in [4.69, 9.17) is 14.7 Å². The first-order valence-corrected chi connectivity index (χ1v) is 5.42. The number of nitrogens with zero attached hydrogens (tertiary/aromatic N) is 2. The highest BCUT2D eigenvalue weighted by Crippen LogP contribution is 2.20. The largest absolute Gasteiger partial charge is 0.473 e. The van der Waals surface area contributed by atoms with Crippen molar-refractivity contribution in [2.75, 3.05) is 13.2 Å². The second kappa shape index (κ2) is 4.95. The molecule has 0 atom stereocenters. The molecule has 0 amide bonds. The van der Waals surface area contributed by atoms with Gasteiger partial charge in [0.15, 0.2) is 0 Å². The van der Waals surface area contributed by atoms with Gasteiger partial charge in [-0.25, -0.2) is 4.98 Å². The van der Waals surface area contributed by atoms with Gasteiger partial charge in [-0.2, -0.15) is 5.26 Å². The van der Waals surface area contributed by atoms with Gasteiger partial charge in [0, 0.05) is 18.5 Å². The molecule has 0 aliphatic carbocycles. The molecule has 0 N–H and O–H groups in total. The highest BCUT2D eigenvalue weighted by Gasteiger charge is 2.17. The molecule has 1 aromatic heterocycles. The van der Waals surface area contributed by atoms with E-state index in [9.17, 15) is 0 Å². The van der Waals surface area contributed by atoms with Crippen molar-refractivity contribution in [1.29, 1.82) is 5.26 Å². The molecule has 2 heterocycles. The lowest BCUT2D eigenvalue weighted by Gasteiger charge is -2.23. The average molecular weight is 218 g/mol. The Morgan fingerprint density at radius 1 is 1.44 bits per heavy atom. The molecule has 1 saturated heterocycles. The van der Waals surface area contributed by atoms with Crippen LogP contribution in [0.4, 0.5) is 0 Å². The summed E-state index contributed by atoms with van der Waals surface area (Å²) in [5.41, 5.74) is 1.36. The van der Waals surface area contributed by atoms with Crippen molar-refractivity contribution in [3.63, 3.8) is 0 Å². The highest BCUT2D eigenvalue weighted by molar-refractivity contribution is 5.38. The molecule has 4 heteroatoms. The van der Waals surface area contributed by atoms with Crippen molar-refractivity contribution in [2.24, 2.45) is 0 Å². The first-order chi connectivity index (χ1) is 7.79.